The first-order valence-corrected chi connectivity index (χ1v) is 7.72. The summed E-state index contributed by atoms with van der Waals surface area (Å²) in [5, 5.41) is 12.0. The smallest absolute Gasteiger partial charge is 0.354 e. The van der Waals surface area contributed by atoms with Crippen molar-refractivity contribution in [2.24, 2.45) is 0 Å². The van der Waals surface area contributed by atoms with Crippen molar-refractivity contribution in [2.45, 2.75) is 0 Å². The van der Waals surface area contributed by atoms with Crippen molar-refractivity contribution in [1.29, 1.82) is 0 Å². The van der Waals surface area contributed by atoms with Crippen LogP contribution in [0.25, 0.3) is 17.0 Å². The van der Waals surface area contributed by atoms with Crippen molar-refractivity contribution in [3.8, 4) is 0 Å². The summed E-state index contributed by atoms with van der Waals surface area (Å²) in [4.78, 5) is 45.6. The second-order valence-electron chi connectivity index (χ2n) is 5.48. The lowest BCUT2D eigenvalue weighted by Crippen LogP contribution is -2.17. The molecule has 0 bridgehead atoms. The van der Waals surface area contributed by atoms with Crippen LogP contribution in [0.4, 0.5) is 10.1 Å². The summed E-state index contributed by atoms with van der Waals surface area (Å²) in [7, 11) is 1.58. The Hall–Kier alpha value is -3.88. The fourth-order valence-corrected chi connectivity index (χ4v) is 2.48. The van der Waals surface area contributed by atoms with E-state index in [-0.39, 0.29) is 17.1 Å². The van der Waals surface area contributed by atoms with Crippen molar-refractivity contribution in [2.75, 3.05) is 12.4 Å². The number of hydrogen-bond donors (Lipinski definition) is 3. The molecule has 3 N–H and O–H groups in total. The average Bonchev–Trinajstić information content (AvgIpc) is 2.65. The summed E-state index contributed by atoms with van der Waals surface area (Å²) in [5.74, 6) is -2.40. The molecule has 0 fully saturated rings. The van der Waals surface area contributed by atoms with E-state index < -0.39 is 23.1 Å². The third kappa shape index (κ3) is 3.71. The number of H-pyrrole nitrogens is 1. The quantitative estimate of drug-likeness (QED) is 0.465. The molecule has 3 rings (SSSR count). The zero-order valence-electron chi connectivity index (χ0n) is 14.0. The van der Waals surface area contributed by atoms with Crippen LogP contribution in [0, 0.1) is 5.82 Å². The van der Waals surface area contributed by atoms with E-state index in [0.29, 0.717) is 16.6 Å². The summed E-state index contributed by atoms with van der Waals surface area (Å²) in [6.07, 6.45) is 3.49. The van der Waals surface area contributed by atoms with Crippen LogP contribution in [0.5, 0.6) is 0 Å². The summed E-state index contributed by atoms with van der Waals surface area (Å²) in [6, 6.07) is 4.93. The lowest BCUT2D eigenvalue weighted by Gasteiger charge is -2.07. The van der Waals surface area contributed by atoms with Crippen molar-refractivity contribution in [3.05, 3.63) is 69.8 Å². The van der Waals surface area contributed by atoms with Gasteiger partial charge < -0.3 is 15.4 Å². The van der Waals surface area contributed by atoms with Gasteiger partial charge in [-0.25, -0.2) is 19.2 Å². The highest BCUT2D eigenvalue weighted by Gasteiger charge is 2.12. The molecule has 0 aliphatic heterocycles. The molecule has 0 amide bonds. The summed E-state index contributed by atoms with van der Waals surface area (Å²) in [6.45, 7) is 0. The largest absolute Gasteiger partial charge is 0.477 e. The molecule has 0 spiro atoms. The first-order valence-electron chi connectivity index (χ1n) is 7.72. The maximum absolute atomic E-state index is 13.7. The Morgan fingerprint density at radius 2 is 2.07 bits per heavy atom. The van der Waals surface area contributed by atoms with Gasteiger partial charge in [-0.1, -0.05) is 0 Å². The summed E-state index contributed by atoms with van der Waals surface area (Å²) >= 11 is 0. The van der Waals surface area contributed by atoms with Crippen molar-refractivity contribution in [3.63, 3.8) is 0 Å². The molecular weight excluding hydrogens is 355 g/mol. The number of carboxylic acid groups (broad SMARTS) is 1. The molecule has 0 aliphatic rings. The molecule has 0 saturated heterocycles. The van der Waals surface area contributed by atoms with Gasteiger partial charge in [0.25, 0.3) is 5.56 Å². The highest BCUT2D eigenvalue weighted by Crippen LogP contribution is 2.22. The Kier molecular flexibility index (Phi) is 4.75. The predicted octanol–water partition coefficient (Wildman–Crippen LogP) is 2.09. The molecule has 9 heteroatoms. The Bertz CT molecular complexity index is 1150. The molecule has 1 aromatic carbocycles. The van der Waals surface area contributed by atoms with Crippen molar-refractivity contribution >= 4 is 34.4 Å². The van der Waals surface area contributed by atoms with Crippen LogP contribution in [-0.4, -0.2) is 38.9 Å². The number of carboxylic acids is 1. The topological polar surface area (TPSA) is 125 Å². The van der Waals surface area contributed by atoms with Crippen LogP contribution in [-0.2, 0) is 0 Å². The maximum Gasteiger partial charge on any atom is 0.354 e. The van der Waals surface area contributed by atoms with Gasteiger partial charge in [0, 0.05) is 18.6 Å². The highest BCUT2D eigenvalue weighted by molar-refractivity contribution is 6.08. The van der Waals surface area contributed by atoms with E-state index in [1.807, 2.05) is 0 Å². The number of allylic oxidation sites excluding steroid dienone is 1. The SMILES string of the molecule is CNc1cc(F)cc2cc(C(=O)C=Cc3nccc(C(=O)O)n3)c(=O)[nH]c12. The number of pyridine rings is 1. The summed E-state index contributed by atoms with van der Waals surface area (Å²) in [5.41, 5.74) is -0.297. The maximum atomic E-state index is 13.7. The molecule has 0 radical (unpaired) electrons. The van der Waals surface area contributed by atoms with Crippen LogP contribution in [0.2, 0.25) is 0 Å². The van der Waals surface area contributed by atoms with Gasteiger partial charge in [0.2, 0.25) is 0 Å². The number of fused-ring (bicyclic) bond motifs is 1. The second kappa shape index (κ2) is 7.16. The Morgan fingerprint density at radius 3 is 2.78 bits per heavy atom. The number of hydrogen-bond acceptors (Lipinski definition) is 6. The van der Waals surface area contributed by atoms with Gasteiger partial charge in [0.15, 0.2) is 17.3 Å². The number of halogens is 1. The number of benzene rings is 1. The number of anilines is 1. The monoisotopic (exact) mass is 368 g/mol. The molecule has 3 aromatic rings. The lowest BCUT2D eigenvalue weighted by atomic mass is 10.1. The zero-order chi connectivity index (χ0) is 19.6. The van der Waals surface area contributed by atoms with Gasteiger partial charge in [-0.3, -0.25) is 9.59 Å². The Morgan fingerprint density at radius 1 is 1.30 bits per heavy atom. The minimum Gasteiger partial charge on any atom is -0.477 e. The number of ketones is 1. The third-order valence-electron chi connectivity index (χ3n) is 3.73. The standard InChI is InChI=1S/C18H13FN4O4/c1-20-13-8-10(19)6-9-7-11(17(25)23-16(9)13)14(24)2-3-15-21-5-4-12(22-15)18(26)27/h2-8,20H,1H3,(H,23,25)(H,26,27). The number of rotatable bonds is 5. The van der Waals surface area contributed by atoms with Gasteiger partial charge >= 0.3 is 5.97 Å². The minimum atomic E-state index is -1.23. The number of aromatic carboxylic acids is 1. The third-order valence-corrected chi connectivity index (χ3v) is 3.73. The van der Waals surface area contributed by atoms with E-state index in [1.165, 1.54) is 36.5 Å². The number of aromatic nitrogens is 3. The molecule has 2 aromatic heterocycles. The second-order valence-corrected chi connectivity index (χ2v) is 5.48. The zero-order valence-corrected chi connectivity index (χ0v) is 14.0. The van der Waals surface area contributed by atoms with Crippen molar-refractivity contribution in [1.82, 2.24) is 15.0 Å². The first kappa shape index (κ1) is 17.9. The van der Waals surface area contributed by atoms with Crippen LogP contribution < -0.4 is 10.9 Å². The molecule has 0 atom stereocenters. The molecule has 27 heavy (non-hydrogen) atoms. The van der Waals surface area contributed by atoms with Crippen LogP contribution in [0.15, 0.2) is 41.3 Å². The molecule has 136 valence electrons. The van der Waals surface area contributed by atoms with Crippen molar-refractivity contribution < 1.29 is 19.1 Å². The molecule has 2 heterocycles. The fourth-order valence-electron chi connectivity index (χ4n) is 2.48. The van der Waals surface area contributed by atoms with E-state index in [9.17, 15) is 18.8 Å². The van der Waals surface area contributed by atoms with Crippen LogP contribution in [0.1, 0.15) is 26.7 Å². The Labute approximate surface area is 151 Å². The highest BCUT2D eigenvalue weighted by atomic mass is 19.1. The fraction of sp³-hybridized carbons (Fsp3) is 0.0556. The van der Waals surface area contributed by atoms with Gasteiger partial charge in [0.1, 0.15) is 5.82 Å². The predicted molar refractivity (Wildman–Crippen MR) is 96.4 cm³/mol. The number of nitrogens with one attached hydrogen (secondary N) is 2. The number of aromatic amines is 1. The minimum absolute atomic E-state index is 0.00369. The molecule has 8 nitrogen and oxygen atoms in total. The summed E-state index contributed by atoms with van der Waals surface area (Å²) < 4.78 is 13.7. The van der Waals surface area contributed by atoms with Gasteiger partial charge in [-0.2, -0.15) is 0 Å². The number of nitrogens with zero attached hydrogens (tertiary/aromatic N) is 2. The lowest BCUT2D eigenvalue weighted by molar-refractivity contribution is 0.0690. The molecule has 0 aliphatic carbocycles. The van der Waals surface area contributed by atoms with Crippen LogP contribution in [0.3, 0.4) is 0 Å². The molecule has 0 saturated carbocycles. The average molecular weight is 368 g/mol. The Balaban J connectivity index is 1.98. The van der Waals surface area contributed by atoms with Gasteiger partial charge in [-0.15, -0.1) is 0 Å². The molecule has 0 unspecified atom stereocenters. The van der Waals surface area contributed by atoms with E-state index >= 15 is 0 Å². The van der Waals surface area contributed by atoms with E-state index in [4.69, 9.17) is 5.11 Å². The van der Waals surface area contributed by atoms with E-state index in [0.717, 1.165) is 6.08 Å². The van der Waals surface area contributed by atoms with E-state index in [1.54, 1.807) is 7.05 Å². The van der Waals surface area contributed by atoms with E-state index in [2.05, 4.69) is 20.3 Å². The number of carbonyl (C=O) groups is 2. The van der Waals surface area contributed by atoms with Crippen LogP contribution >= 0.6 is 0 Å². The molecular formula is C18H13FN4O4. The van der Waals surface area contributed by atoms with Gasteiger partial charge in [0.05, 0.1) is 16.8 Å². The number of carbonyl (C=O) groups excluding carboxylic acids is 1. The first-order chi connectivity index (χ1) is 12.9. The van der Waals surface area contributed by atoms with Gasteiger partial charge in [-0.05, 0) is 36.4 Å². The normalized spacial score (nSPS) is 11.0.